The number of rotatable bonds is 9. The second-order valence-corrected chi connectivity index (χ2v) is 8.65. The second kappa shape index (κ2) is 9.91. The van der Waals surface area contributed by atoms with Crippen LogP contribution in [0.1, 0.15) is 13.3 Å². The van der Waals surface area contributed by atoms with Crippen LogP contribution in [-0.4, -0.2) is 59.2 Å². The molecule has 2 aromatic carbocycles. The Labute approximate surface area is 168 Å². The highest BCUT2D eigenvalue weighted by Gasteiger charge is 2.18. The molecule has 7 heteroatoms. The number of anilines is 1. The van der Waals surface area contributed by atoms with Crippen molar-refractivity contribution in [2.45, 2.75) is 18.2 Å². The van der Waals surface area contributed by atoms with E-state index in [0.717, 1.165) is 32.6 Å². The SMILES string of the molecule is CCCOc1ccc(S(=O)(=O)NCCN2CCN(c3ccccc3)CC2)cc1. The Bertz CT molecular complexity index is 818. The van der Waals surface area contributed by atoms with Crippen molar-refractivity contribution in [2.75, 3.05) is 50.8 Å². The summed E-state index contributed by atoms with van der Waals surface area (Å²) in [4.78, 5) is 4.93. The number of nitrogens with zero attached hydrogens (tertiary/aromatic N) is 2. The van der Waals surface area contributed by atoms with E-state index in [1.54, 1.807) is 24.3 Å². The normalized spacial score (nSPS) is 15.5. The van der Waals surface area contributed by atoms with Crippen LogP contribution >= 0.6 is 0 Å². The van der Waals surface area contributed by atoms with E-state index in [1.807, 2.05) is 13.0 Å². The number of nitrogens with one attached hydrogen (secondary N) is 1. The summed E-state index contributed by atoms with van der Waals surface area (Å²) in [5.74, 6) is 0.692. The van der Waals surface area contributed by atoms with Crippen molar-refractivity contribution in [1.29, 1.82) is 0 Å². The highest BCUT2D eigenvalue weighted by molar-refractivity contribution is 7.89. The lowest BCUT2D eigenvalue weighted by Gasteiger charge is -2.36. The molecule has 152 valence electrons. The van der Waals surface area contributed by atoms with Gasteiger partial charge in [-0.2, -0.15) is 0 Å². The zero-order valence-electron chi connectivity index (χ0n) is 16.4. The Kier molecular flexibility index (Phi) is 7.30. The predicted molar refractivity (Wildman–Crippen MR) is 113 cm³/mol. The van der Waals surface area contributed by atoms with E-state index in [0.29, 0.717) is 25.4 Å². The van der Waals surface area contributed by atoms with Gasteiger partial charge >= 0.3 is 0 Å². The fraction of sp³-hybridized carbons (Fsp3) is 0.429. The molecule has 0 unspecified atom stereocenters. The Morgan fingerprint density at radius 1 is 0.964 bits per heavy atom. The van der Waals surface area contributed by atoms with Gasteiger partial charge in [0, 0.05) is 45.0 Å². The summed E-state index contributed by atoms with van der Waals surface area (Å²) in [6.45, 7) is 7.54. The van der Waals surface area contributed by atoms with Crippen LogP contribution < -0.4 is 14.4 Å². The third-order valence-corrected chi connectivity index (χ3v) is 6.30. The van der Waals surface area contributed by atoms with E-state index in [4.69, 9.17) is 4.74 Å². The van der Waals surface area contributed by atoms with Gasteiger partial charge in [0.25, 0.3) is 0 Å². The molecule has 1 aliphatic rings. The number of sulfonamides is 1. The highest BCUT2D eigenvalue weighted by Crippen LogP contribution is 2.17. The van der Waals surface area contributed by atoms with Gasteiger partial charge in [0.15, 0.2) is 0 Å². The minimum atomic E-state index is -3.49. The Morgan fingerprint density at radius 2 is 1.64 bits per heavy atom. The average Bonchev–Trinajstić information content (AvgIpc) is 2.73. The van der Waals surface area contributed by atoms with Crippen molar-refractivity contribution >= 4 is 15.7 Å². The van der Waals surface area contributed by atoms with Gasteiger partial charge in [0.05, 0.1) is 11.5 Å². The van der Waals surface area contributed by atoms with E-state index in [1.165, 1.54) is 5.69 Å². The fourth-order valence-electron chi connectivity index (χ4n) is 3.22. The lowest BCUT2D eigenvalue weighted by molar-refractivity contribution is 0.262. The Hall–Kier alpha value is -2.09. The average molecular weight is 404 g/mol. The van der Waals surface area contributed by atoms with Crippen molar-refractivity contribution in [3.05, 3.63) is 54.6 Å². The van der Waals surface area contributed by atoms with E-state index in [2.05, 4.69) is 38.8 Å². The highest BCUT2D eigenvalue weighted by atomic mass is 32.2. The lowest BCUT2D eigenvalue weighted by Crippen LogP contribution is -2.48. The molecule has 0 aromatic heterocycles. The van der Waals surface area contributed by atoms with E-state index in [9.17, 15) is 8.42 Å². The molecule has 1 saturated heterocycles. The first-order valence-electron chi connectivity index (χ1n) is 9.83. The van der Waals surface area contributed by atoms with Crippen molar-refractivity contribution in [2.24, 2.45) is 0 Å². The van der Waals surface area contributed by atoms with Crippen LogP contribution in [-0.2, 0) is 10.0 Å². The smallest absolute Gasteiger partial charge is 0.240 e. The molecule has 0 bridgehead atoms. The molecule has 2 aromatic rings. The number of para-hydroxylation sites is 1. The van der Waals surface area contributed by atoms with Gasteiger partial charge in [0.1, 0.15) is 5.75 Å². The summed E-state index contributed by atoms with van der Waals surface area (Å²) in [6.07, 6.45) is 0.918. The third kappa shape index (κ3) is 5.70. The minimum Gasteiger partial charge on any atom is -0.494 e. The summed E-state index contributed by atoms with van der Waals surface area (Å²) >= 11 is 0. The van der Waals surface area contributed by atoms with Gasteiger partial charge < -0.3 is 9.64 Å². The first-order chi connectivity index (χ1) is 13.6. The standard InChI is InChI=1S/C21H29N3O3S/c1-2-18-27-20-8-10-21(11-9-20)28(25,26)22-12-13-23-14-16-24(17-15-23)19-6-4-3-5-7-19/h3-11,22H,2,12-18H2,1H3. The zero-order chi connectivity index (χ0) is 19.8. The second-order valence-electron chi connectivity index (χ2n) is 6.88. The van der Waals surface area contributed by atoms with Crippen LogP contribution in [0.2, 0.25) is 0 Å². The topological polar surface area (TPSA) is 61.9 Å². The van der Waals surface area contributed by atoms with Crippen LogP contribution in [0.3, 0.4) is 0 Å². The maximum atomic E-state index is 12.5. The zero-order valence-corrected chi connectivity index (χ0v) is 17.2. The predicted octanol–water partition coefficient (Wildman–Crippen LogP) is 2.58. The minimum absolute atomic E-state index is 0.269. The van der Waals surface area contributed by atoms with Crippen LogP contribution in [0.15, 0.2) is 59.5 Å². The van der Waals surface area contributed by atoms with Gasteiger partial charge in [-0.3, -0.25) is 4.90 Å². The summed E-state index contributed by atoms with van der Waals surface area (Å²) in [5.41, 5.74) is 1.24. The molecule has 6 nitrogen and oxygen atoms in total. The van der Waals surface area contributed by atoms with Crippen LogP contribution in [0.25, 0.3) is 0 Å². The van der Waals surface area contributed by atoms with Gasteiger partial charge in [-0.05, 0) is 42.8 Å². The summed E-state index contributed by atoms with van der Waals surface area (Å²) in [6, 6.07) is 17.0. The number of piperazine rings is 1. The van der Waals surface area contributed by atoms with Gasteiger partial charge in [-0.15, -0.1) is 0 Å². The van der Waals surface area contributed by atoms with Crippen molar-refractivity contribution in [3.8, 4) is 5.75 Å². The van der Waals surface area contributed by atoms with E-state index in [-0.39, 0.29) is 4.90 Å². The molecule has 1 N–H and O–H groups in total. The number of benzene rings is 2. The van der Waals surface area contributed by atoms with E-state index >= 15 is 0 Å². The molecular formula is C21H29N3O3S. The summed E-state index contributed by atoms with van der Waals surface area (Å²) in [7, 11) is -3.49. The number of hydrogen-bond donors (Lipinski definition) is 1. The molecular weight excluding hydrogens is 374 g/mol. The Morgan fingerprint density at radius 3 is 2.29 bits per heavy atom. The maximum Gasteiger partial charge on any atom is 0.240 e. The first kappa shape index (κ1) is 20.6. The largest absolute Gasteiger partial charge is 0.494 e. The van der Waals surface area contributed by atoms with Crippen molar-refractivity contribution in [3.63, 3.8) is 0 Å². The molecule has 28 heavy (non-hydrogen) atoms. The molecule has 1 heterocycles. The first-order valence-corrected chi connectivity index (χ1v) is 11.3. The lowest BCUT2D eigenvalue weighted by atomic mass is 10.2. The van der Waals surface area contributed by atoms with Gasteiger partial charge in [-0.1, -0.05) is 25.1 Å². The molecule has 0 aliphatic carbocycles. The summed E-state index contributed by atoms with van der Waals surface area (Å²) < 4.78 is 33.1. The molecule has 1 fully saturated rings. The summed E-state index contributed by atoms with van der Waals surface area (Å²) in [5, 5.41) is 0. The maximum absolute atomic E-state index is 12.5. The van der Waals surface area contributed by atoms with Crippen molar-refractivity contribution < 1.29 is 13.2 Å². The molecule has 3 rings (SSSR count). The molecule has 0 spiro atoms. The van der Waals surface area contributed by atoms with Crippen LogP contribution in [0.5, 0.6) is 5.75 Å². The van der Waals surface area contributed by atoms with Crippen LogP contribution in [0, 0.1) is 0 Å². The fourth-order valence-corrected chi connectivity index (χ4v) is 4.25. The molecule has 0 radical (unpaired) electrons. The Balaban J connectivity index is 1.43. The molecule has 0 amide bonds. The van der Waals surface area contributed by atoms with Crippen molar-refractivity contribution in [1.82, 2.24) is 9.62 Å². The molecule has 0 atom stereocenters. The van der Waals surface area contributed by atoms with Crippen LogP contribution in [0.4, 0.5) is 5.69 Å². The molecule has 1 aliphatic heterocycles. The number of hydrogen-bond acceptors (Lipinski definition) is 5. The van der Waals surface area contributed by atoms with Gasteiger partial charge in [0.2, 0.25) is 10.0 Å². The molecule has 0 saturated carbocycles. The van der Waals surface area contributed by atoms with E-state index < -0.39 is 10.0 Å². The number of ether oxygens (including phenoxy) is 1. The quantitative estimate of drug-likeness (QED) is 0.697. The third-order valence-electron chi connectivity index (χ3n) is 4.82. The van der Waals surface area contributed by atoms with Gasteiger partial charge in [-0.25, -0.2) is 13.1 Å². The monoisotopic (exact) mass is 403 g/mol.